The quantitative estimate of drug-likeness (QED) is 0.851. The predicted octanol–water partition coefficient (Wildman–Crippen LogP) is 2.44. The van der Waals surface area contributed by atoms with Gasteiger partial charge in [0.05, 0.1) is 13.2 Å². The van der Waals surface area contributed by atoms with Gasteiger partial charge >= 0.3 is 5.97 Å². The lowest BCUT2D eigenvalue weighted by atomic mass is 10.0. The number of rotatable bonds is 3. The van der Waals surface area contributed by atoms with Gasteiger partial charge in [0, 0.05) is 18.0 Å². The highest BCUT2D eigenvalue weighted by molar-refractivity contribution is 5.72. The highest BCUT2D eigenvalue weighted by Gasteiger charge is 2.22. The van der Waals surface area contributed by atoms with Crippen LogP contribution >= 0.6 is 0 Å². The number of carbonyl (C=O) groups excluding carboxylic acids is 1. The van der Waals surface area contributed by atoms with Crippen LogP contribution in [0.5, 0.6) is 5.75 Å². The zero-order chi connectivity index (χ0) is 13.9. The Hall–Kier alpha value is -1.55. The van der Waals surface area contributed by atoms with E-state index in [9.17, 15) is 4.79 Å². The molecule has 0 bridgehead atoms. The van der Waals surface area contributed by atoms with E-state index >= 15 is 0 Å². The molecule has 1 aliphatic heterocycles. The van der Waals surface area contributed by atoms with Crippen molar-refractivity contribution < 1.29 is 14.3 Å². The monoisotopic (exact) mass is 263 g/mol. The lowest BCUT2D eigenvalue weighted by molar-refractivity contribution is -0.153. The van der Waals surface area contributed by atoms with Crippen molar-refractivity contribution in [3.8, 4) is 5.75 Å². The van der Waals surface area contributed by atoms with Crippen molar-refractivity contribution in [3.63, 3.8) is 0 Å². The van der Waals surface area contributed by atoms with E-state index in [4.69, 9.17) is 9.47 Å². The molecule has 1 aliphatic rings. The number of ether oxygens (including phenoxy) is 2. The Morgan fingerprint density at radius 3 is 2.89 bits per heavy atom. The number of esters is 1. The molecule has 1 heterocycles. The van der Waals surface area contributed by atoms with Gasteiger partial charge in [-0.15, -0.1) is 0 Å². The second-order valence-corrected chi connectivity index (χ2v) is 5.69. The van der Waals surface area contributed by atoms with Crippen LogP contribution in [0.2, 0.25) is 0 Å². The average Bonchev–Trinajstić information content (AvgIpc) is 2.34. The lowest BCUT2D eigenvalue weighted by Crippen LogP contribution is -2.35. The van der Waals surface area contributed by atoms with Crippen LogP contribution in [0.15, 0.2) is 24.3 Å². The van der Waals surface area contributed by atoms with Crippen LogP contribution in [0, 0.1) is 0 Å². The molecule has 0 spiro atoms. The van der Waals surface area contributed by atoms with Crippen molar-refractivity contribution >= 4 is 5.97 Å². The smallest absolute Gasteiger partial charge is 0.320 e. The highest BCUT2D eigenvalue weighted by Crippen LogP contribution is 2.31. The first-order valence-corrected chi connectivity index (χ1v) is 6.63. The summed E-state index contributed by atoms with van der Waals surface area (Å²) in [6.07, 6.45) is 0.861. The summed E-state index contributed by atoms with van der Waals surface area (Å²) in [5, 5.41) is 3.25. The van der Waals surface area contributed by atoms with Gasteiger partial charge in [0.2, 0.25) is 0 Å². The third kappa shape index (κ3) is 3.96. The molecule has 1 N–H and O–H groups in total. The van der Waals surface area contributed by atoms with Crippen LogP contribution in [0.3, 0.4) is 0 Å². The minimum absolute atomic E-state index is 0.150. The maximum absolute atomic E-state index is 11.7. The van der Waals surface area contributed by atoms with E-state index in [-0.39, 0.29) is 18.6 Å². The van der Waals surface area contributed by atoms with Crippen molar-refractivity contribution in [2.24, 2.45) is 0 Å². The van der Waals surface area contributed by atoms with Gasteiger partial charge in [-0.1, -0.05) is 18.2 Å². The van der Waals surface area contributed by atoms with E-state index in [2.05, 4.69) is 5.32 Å². The van der Waals surface area contributed by atoms with Crippen molar-refractivity contribution in [2.75, 3.05) is 13.2 Å². The van der Waals surface area contributed by atoms with Crippen molar-refractivity contribution in [3.05, 3.63) is 29.8 Å². The molecule has 0 amide bonds. The molecule has 1 atom stereocenters. The summed E-state index contributed by atoms with van der Waals surface area (Å²) >= 11 is 0. The Morgan fingerprint density at radius 2 is 2.16 bits per heavy atom. The molecule has 4 heteroatoms. The van der Waals surface area contributed by atoms with Crippen LogP contribution in [-0.4, -0.2) is 24.7 Å². The number of benzene rings is 1. The molecule has 4 nitrogen and oxygen atoms in total. The fraction of sp³-hybridized carbons (Fsp3) is 0.533. The second kappa shape index (κ2) is 5.61. The van der Waals surface area contributed by atoms with Gasteiger partial charge in [0.25, 0.3) is 0 Å². The summed E-state index contributed by atoms with van der Waals surface area (Å²) in [6, 6.07) is 8.07. The molecule has 0 saturated heterocycles. The standard InChI is InChI=1S/C15H21NO3/c1-15(2,3)19-14(17)10-16-12-8-9-18-13-7-5-4-6-11(12)13/h4-7,12,16H,8-10H2,1-3H3. The fourth-order valence-corrected chi connectivity index (χ4v) is 2.14. The SMILES string of the molecule is CC(C)(C)OC(=O)CNC1CCOc2ccccc21. The van der Waals surface area contributed by atoms with Crippen LogP contribution in [0.25, 0.3) is 0 Å². The Kier molecular flexibility index (Phi) is 4.10. The van der Waals surface area contributed by atoms with Crippen LogP contribution in [0.1, 0.15) is 38.8 Å². The highest BCUT2D eigenvalue weighted by atomic mass is 16.6. The van der Waals surface area contributed by atoms with Gasteiger partial charge in [-0.25, -0.2) is 0 Å². The van der Waals surface area contributed by atoms with Crippen LogP contribution < -0.4 is 10.1 Å². The summed E-state index contributed by atoms with van der Waals surface area (Å²) in [4.78, 5) is 11.7. The summed E-state index contributed by atoms with van der Waals surface area (Å²) in [5.41, 5.74) is 0.670. The first kappa shape index (κ1) is 13.9. The van der Waals surface area contributed by atoms with Crippen molar-refractivity contribution in [2.45, 2.75) is 38.8 Å². The molecule has 1 unspecified atom stereocenters. The van der Waals surface area contributed by atoms with Gasteiger partial charge < -0.3 is 9.47 Å². The molecule has 19 heavy (non-hydrogen) atoms. The number of hydrogen-bond donors (Lipinski definition) is 1. The molecular weight excluding hydrogens is 242 g/mol. The summed E-state index contributed by atoms with van der Waals surface area (Å²) in [7, 11) is 0. The first-order valence-electron chi connectivity index (χ1n) is 6.63. The fourth-order valence-electron chi connectivity index (χ4n) is 2.14. The molecule has 1 aromatic carbocycles. The summed E-state index contributed by atoms with van der Waals surface area (Å²) in [6.45, 7) is 6.50. The Balaban J connectivity index is 1.93. The van der Waals surface area contributed by atoms with E-state index in [0.29, 0.717) is 6.61 Å². The summed E-state index contributed by atoms with van der Waals surface area (Å²) in [5.74, 6) is 0.673. The van der Waals surface area contributed by atoms with Crippen LogP contribution in [0.4, 0.5) is 0 Å². The maximum Gasteiger partial charge on any atom is 0.320 e. The van der Waals surface area contributed by atoms with Gasteiger partial charge in [-0.05, 0) is 26.8 Å². The number of fused-ring (bicyclic) bond motifs is 1. The molecule has 0 saturated carbocycles. The van der Waals surface area contributed by atoms with Gasteiger partial charge in [-0.2, -0.15) is 0 Å². The predicted molar refractivity (Wildman–Crippen MR) is 73.1 cm³/mol. The van der Waals surface area contributed by atoms with Gasteiger partial charge in [-0.3, -0.25) is 10.1 Å². The minimum atomic E-state index is -0.438. The molecule has 104 valence electrons. The first-order chi connectivity index (χ1) is 8.96. The Morgan fingerprint density at radius 1 is 1.42 bits per heavy atom. The summed E-state index contributed by atoms with van der Waals surface area (Å²) < 4.78 is 10.9. The zero-order valence-electron chi connectivity index (χ0n) is 11.7. The van der Waals surface area contributed by atoms with Crippen molar-refractivity contribution in [1.82, 2.24) is 5.32 Å². The average molecular weight is 263 g/mol. The maximum atomic E-state index is 11.7. The largest absolute Gasteiger partial charge is 0.493 e. The molecule has 2 rings (SSSR count). The molecule has 0 fully saturated rings. The van der Waals surface area contributed by atoms with E-state index < -0.39 is 5.60 Å². The number of para-hydroxylation sites is 1. The third-order valence-corrected chi connectivity index (χ3v) is 2.87. The number of carbonyl (C=O) groups is 1. The van der Waals surface area contributed by atoms with E-state index in [1.807, 2.05) is 45.0 Å². The number of nitrogens with one attached hydrogen (secondary N) is 1. The minimum Gasteiger partial charge on any atom is -0.493 e. The third-order valence-electron chi connectivity index (χ3n) is 2.87. The second-order valence-electron chi connectivity index (χ2n) is 5.69. The molecular formula is C15H21NO3. The Labute approximate surface area is 114 Å². The Bertz CT molecular complexity index is 451. The van der Waals surface area contributed by atoms with E-state index in [0.717, 1.165) is 17.7 Å². The lowest BCUT2D eigenvalue weighted by Gasteiger charge is -2.27. The number of hydrogen-bond acceptors (Lipinski definition) is 4. The van der Waals surface area contributed by atoms with E-state index in [1.165, 1.54) is 0 Å². The van der Waals surface area contributed by atoms with Gasteiger partial charge in [0.15, 0.2) is 0 Å². The van der Waals surface area contributed by atoms with E-state index in [1.54, 1.807) is 0 Å². The molecule has 1 aromatic rings. The van der Waals surface area contributed by atoms with Gasteiger partial charge in [0.1, 0.15) is 11.4 Å². The molecule has 0 aromatic heterocycles. The topological polar surface area (TPSA) is 47.6 Å². The zero-order valence-corrected chi connectivity index (χ0v) is 11.7. The van der Waals surface area contributed by atoms with Crippen molar-refractivity contribution in [1.29, 1.82) is 0 Å². The van der Waals surface area contributed by atoms with Crippen LogP contribution in [-0.2, 0) is 9.53 Å². The normalized spacial score (nSPS) is 18.4. The molecule has 0 aliphatic carbocycles. The molecule has 0 radical (unpaired) electrons.